The Labute approximate surface area is 209 Å². The van der Waals surface area contributed by atoms with Gasteiger partial charge in [-0.1, -0.05) is 48.9 Å². The summed E-state index contributed by atoms with van der Waals surface area (Å²) in [5, 5.41) is 5.39. The fourth-order valence-corrected chi connectivity index (χ4v) is 4.36. The zero-order chi connectivity index (χ0) is 24.9. The van der Waals surface area contributed by atoms with Crippen LogP contribution in [0.3, 0.4) is 0 Å². The minimum atomic E-state index is -0.0836. The molecule has 0 radical (unpaired) electrons. The molecule has 0 aliphatic carbocycles. The van der Waals surface area contributed by atoms with Gasteiger partial charge in [-0.2, -0.15) is 5.10 Å². The second-order valence-electron chi connectivity index (χ2n) is 8.59. The highest BCUT2D eigenvalue weighted by Crippen LogP contribution is 2.28. The molecule has 2 N–H and O–H groups in total. The average Bonchev–Trinajstić information content (AvgIpc) is 3.31. The lowest BCUT2D eigenvalue weighted by Crippen LogP contribution is -2.40. The summed E-state index contributed by atoms with van der Waals surface area (Å²) in [6, 6.07) is 17.6. The summed E-state index contributed by atoms with van der Waals surface area (Å²) in [6.07, 6.45) is 4.51. The molecule has 1 amide bonds. The molecule has 1 saturated heterocycles. The van der Waals surface area contributed by atoms with Crippen molar-refractivity contribution in [3.63, 3.8) is 0 Å². The van der Waals surface area contributed by atoms with Crippen molar-refractivity contribution in [2.45, 2.75) is 25.5 Å². The van der Waals surface area contributed by atoms with E-state index >= 15 is 0 Å². The molecule has 2 aromatic heterocycles. The molecule has 4 aromatic rings. The molecule has 0 bridgehead atoms. The Kier molecular flexibility index (Phi) is 6.63. The molecule has 5 rings (SSSR count). The number of anilines is 1. The summed E-state index contributed by atoms with van der Waals surface area (Å²) in [5.41, 5.74) is 9.22. The largest absolute Gasteiger partial charge is 0.489 e. The van der Waals surface area contributed by atoms with Crippen LogP contribution in [0.5, 0.6) is 5.75 Å². The Morgan fingerprint density at radius 1 is 1.17 bits per heavy atom. The second kappa shape index (κ2) is 10.3. The van der Waals surface area contributed by atoms with Gasteiger partial charge in [-0.25, -0.2) is 14.6 Å². The number of piperidine rings is 1. The standard InChI is InChI=1S/C28H26N6O2/c1-2-25(35)33-15-7-11-22(17-33)34-28-26(27(29)30-19-31-28)24(32-34)14-13-20-10-6-12-23(16-20)36-18-21-8-4-3-5-9-21/h2-6,8-10,12,16,19,22H,1,7,11,15,17-18H2,(H2,29,30,31)/t22-/m1/s1. The number of rotatable bonds is 5. The smallest absolute Gasteiger partial charge is 0.246 e. The summed E-state index contributed by atoms with van der Waals surface area (Å²) in [4.78, 5) is 22.6. The van der Waals surface area contributed by atoms with E-state index in [1.54, 1.807) is 4.90 Å². The first kappa shape index (κ1) is 23.1. The lowest BCUT2D eigenvalue weighted by Gasteiger charge is -2.32. The van der Waals surface area contributed by atoms with E-state index in [9.17, 15) is 4.79 Å². The van der Waals surface area contributed by atoms with Gasteiger partial charge in [0, 0.05) is 18.7 Å². The van der Waals surface area contributed by atoms with Crippen molar-refractivity contribution in [1.29, 1.82) is 0 Å². The fraction of sp³-hybridized carbons (Fsp3) is 0.214. The maximum Gasteiger partial charge on any atom is 0.246 e. The van der Waals surface area contributed by atoms with E-state index in [-0.39, 0.29) is 11.9 Å². The third kappa shape index (κ3) is 4.91. The van der Waals surface area contributed by atoms with Gasteiger partial charge in [0.25, 0.3) is 0 Å². The van der Waals surface area contributed by atoms with Crippen LogP contribution in [-0.4, -0.2) is 43.6 Å². The van der Waals surface area contributed by atoms with Gasteiger partial charge in [-0.15, -0.1) is 0 Å². The van der Waals surface area contributed by atoms with Gasteiger partial charge in [-0.3, -0.25) is 4.79 Å². The molecule has 1 fully saturated rings. The summed E-state index contributed by atoms with van der Waals surface area (Å²) < 4.78 is 7.76. The molecular weight excluding hydrogens is 452 g/mol. The maximum absolute atomic E-state index is 12.2. The number of fused-ring (bicyclic) bond motifs is 1. The van der Waals surface area contributed by atoms with Gasteiger partial charge in [0.1, 0.15) is 30.2 Å². The number of ether oxygens (including phenoxy) is 1. The molecule has 36 heavy (non-hydrogen) atoms. The first-order valence-electron chi connectivity index (χ1n) is 11.8. The number of aromatic nitrogens is 4. The molecule has 0 unspecified atom stereocenters. The predicted molar refractivity (Wildman–Crippen MR) is 138 cm³/mol. The summed E-state index contributed by atoms with van der Waals surface area (Å²) in [7, 11) is 0. The van der Waals surface area contributed by atoms with Crippen molar-refractivity contribution in [1.82, 2.24) is 24.6 Å². The van der Waals surface area contributed by atoms with Crippen LogP contribution < -0.4 is 10.5 Å². The Morgan fingerprint density at radius 3 is 2.86 bits per heavy atom. The molecule has 8 heteroatoms. The van der Waals surface area contributed by atoms with Gasteiger partial charge in [0.05, 0.1) is 11.4 Å². The molecule has 1 atom stereocenters. The predicted octanol–water partition coefficient (Wildman–Crippen LogP) is 3.74. The van der Waals surface area contributed by atoms with Crippen LogP contribution >= 0.6 is 0 Å². The summed E-state index contributed by atoms with van der Waals surface area (Å²) in [5.74, 6) is 7.31. The number of hydrogen-bond donors (Lipinski definition) is 1. The number of likely N-dealkylation sites (tertiary alicyclic amines) is 1. The molecule has 0 spiro atoms. The number of carbonyl (C=O) groups excluding carboxylic acids is 1. The highest BCUT2D eigenvalue weighted by Gasteiger charge is 2.27. The molecule has 2 aromatic carbocycles. The molecule has 8 nitrogen and oxygen atoms in total. The quantitative estimate of drug-likeness (QED) is 0.347. The summed E-state index contributed by atoms with van der Waals surface area (Å²) in [6.45, 7) is 5.32. The first-order chi connectivity index (χ1) is 17.6. The fourth-order valence-electron chi connectivity index (χ4n) is 4.36. The zero-order valence-electron chi connectivity index (χ0n) is 19.8. The second-order valence-corrected chi connectivity index (χ2v) is 8.59. The zero-order valence-corrected chi connectivity index (χ0v) is 19.8. The van der Waals surface area contributed by atoms with Gasteiger partial charge >= 0.3 is 0 Å². The molecule has 3 heterocycles. The van der Waals surface area contributed by atoms with Crippen LogP contribution in [0.25, 0.3) is 11.0 Å². The van der Waals surface area contributed by atoms with E-state index in [0.717, 1.165) is 29.7 Å². The number of hydrogen-bond acceptors (Lipinski definition) is 6. The van der Waals surface area contributed by atoms with Crippen LogP contribution in [-0.2, 0) is 11.4 Å². The number of nitrogen functional groups attached to an aromatic ring is 1. The molecule has 0 saturated carbocycles. The third-order valence-electron chi connectivity index (χ3n) is 6.15. The Hall–Kier alpha value is -4.64. The SMILES string of the molecule is C=CC(=O)N1CCC[C@@H](n2nc(C#Cc3cccc(OCc4ccccc4)c3)c3c(N)ncnc32)C1. The van der Waals surface area contributed by atoms with Gasteiger partial charge in [0.2, 0.25) is 5.91 Å². The third-order valence-corrected chi connectivity index (χ3v) is 6.15. The van der Waals surface area contributed by atoms with E-state index in [2.05, 4.69) is 28.4 Å². The highest BCUT2D eigenvalue weighted by molar-refractivity contribution is 5.90. The van der Waals surface area contributed by atoms with Gasteiger partial charge < -0.3 is 15.4 Å². The van der Waals surface area contributed by atoms with E-state index in [1.165, 1.54) is 12.4 Å². The van der Waals surface area contributed by atoms with Crippen LogP contribution in [0.4, 0.5) is 5.82 Å². The molecule has 1 aliphatic rings. The average molecular weight is 479 g/mol. The Balaban J connectivity index is 1.42. The van der Waals surface area contributed by atoms with Crippen molar-refractivity contribution < 1.29 is 9.53 Å². The van der Waals surface area contributed by atoms with E-state index < -0.39 is 0 Å². The number of nitrogens with two attached hydrogens (primary N) is 1. The van der Waals surface area contributed by atoms with Gasteiger partial charge in [0.15, 0.2) is 5.65 Å². The van der Waals surface area contributed by atoms with Crippen LogP contribution in [0.15, 0.2) is 73.6 Å². The number of nitrogens with zero attached hydrogens (tertiary/aromatic N) is 5. The molecular formula is C28H26N6O2. The Morgan fingerprint density at radius 2 is 2.03 bits per heavy atom. The van der Waals surface area contributed by atoms with E-state index in [0.29, 0.717) is 42.2 Å². The molecule has 1 aliphatic heterocycles. The van der Waals surface area contributed by atoms with Crippen LogP contribution in [0.2, 0.25) is 0 Å². The summed E-state index contributed by atoms with van der Waals surface area (Å²) >= 11 is 0. The van der Waals surface area contributed by atoms with Crippen molar-refractivity contribution in [2.75, 3.05) is 18.8 Å². The van der Waals surface area contributed by atoms with Crippen molar-refractivity contribution >= 4 is 22.8 Å². The van der Waals surface area contributed by atoms with E-state index in [1.807, 2.05) is 59.3 Å². The normalized spacial score (nSPS) is 15.2. The number of carbonyl (C=O) groups is 1. The van der Waals surface area contributed by atoms with Crippen LogP contribution in [0.1, 0.15) is 35.7 Å². The molecule has 180 valence electrons. The van der Waals surface area contributed by atoms with Crippen molar-refractivity contribution in [2.24, 2.45) is 0 Å². The topological polar surface area (TPSA) is 99.2 Å². The van der Waals surface area contributed by atoms with Crippen molar-refractivity contribution in [3.05, 3.63) is 90.4 Å². The lowest BCUT2D eigenvalue weighted by atomic mass is 10.1. The number of amides is 1. The monoisotopic (exact) mass is 478 g/mol. The number of benzene rings is 2. The Bertz CT molecular complexity index is 1470. The minimum Gasteiger partial charge on any atom is -0.489 e. The van der Waals surface area contributed by atoms with Crippen molar-refractivity contribution in [3.8, 4) is 17.6 Å². The minimum absolute atomic E-state index is 0.0373. The van der Waals surface area contributed by atoms with E-state index in [4.69, 9.17) is 15.6 Å². The highest BCUT2D eigenvalue weighted by atomic mass is 16.5. The first-order valence-corrected chi connectivity index (χ1v) is 11.8. The van der Waals surface area contributed by atoms with Crippen LogP contribution in [0, 0.1) is 11.8 Å². The van der Waals surface area contributed by atoms with Gasteiger partial charge in [-0.05, 0) is 48.6 Å². The lowest BCUT2D eigenvalue weighted by molar-refractivity contribution is -0.127. The maximum atomic E-state index is 12.2.